The molecule has 2 atom stereocenters. The van der Waals surface area contributed by atoms with Crippen molar-refractivity contribution in [3.8, 4) is 5.75 Å². The number of rotatable bonds is 7. The minimum atomic E-state index is -2.45. The van der Waals surface area contributed by atoms with Gasteiger partial charge in [-0.15, -0.1) is 0 Å². The van der Waals surface area contributed by atoms with Crippen LogP contribution in [-0.2, 0) is 14.5 Å². The van der Waals surface area contributed by atoms with Gasteiger partial charge in [0.25, 0.3) is 5.91 Å². The zero-order valence-corrected chi connectivity index (χ0v) is 20.2. The largest absolute Gasteiger partial charge is 0.479 e. The van der Waals surface area contributed by atoms with Gasteiger partial charge in [0.2, 0.25) is 0 Å². The van der Waals surface area contributed by atoms with E-state index in [1.807, 2.05) is 13.0 Å². The fourth-order valence-electron chi connectivity index (χ4n) is 4.05. The fourth-order valence-corrected chi connectivity index (χ4v) is 4.67. The minimum absolute atomic E-state index is 0.117. The molecule has 1 unspecified atom stereocenters. The van der Waals surface area contributed by atoms with E-state index >= 15 is 0 Å². The van der Waals surface area contributed by atoms with Gasteiger partial charge in [-0.3, -0.25) is 4.79 Å². The van der Waals surface area contributed by atoms with E-state index in [9.17, 15) is 13.4 Å². The first-order chi connectivity index (χ1) is 16.1. The predicted molar refractivity (Wildman–Crippen MR) is 135 cm³/mol. The maximum absolute atomic E-state index is 14.1. The molecule has 2 N–H and O–H groups in total. The smallest absolute Gasteiger partial charge is 0.263 e. The van der Waals surface area contributed by atoms with E-state index in [1.165, 1.54) is 24.7 Å². The summed E-state index contributed by atoms with van der Waals surface area (Å²) in [6.07, 6.45) is 4.12. The lowest BCUT2D eigenvalue weighted by Gasteiger charge is -2.22. The summed E-state index contributed by atoms with van der Waals surface area (Å²) in [5.74, 6) is 3.74. The Hall–Kier alpha value is -3.40. The lowest BCUT2D eigenvalue weighted by molar-refractivity contribution is -0.136. The number of fused-ring (bicyclic) bond motifs is 1. The molecule has 0 aliphatic carbocycles. The second kappa shape index (κ2) is 9.46. The first kappa shape index (κ1) is 23.7. The average Bonchev–Trinajstić information content (AvgIpc) is 3.28. The highest BCUT2D eigenvalue weighted by Crippen LogP contribution is 2.33. The molecule has 3 aromatic rings. The summed E-state index contributed by atoms with van der Waals surface area (Å²) < 4.78 is 34.9. The van der Waals surface area contributed by atoms with Gasteiger partial charge in [0.1, 0.15) is 23.7 Å². The summed E-state index contributed by atoms with van der Waals surface area (Å²) in [5, 5.41) is 3.95. The van der Waals surface area contributed by atoms with Crippen LogP contribution in [0.4, 0.5) is 21.6 Å². The number of benzene rings is 2. The molecule has 1 saturated heterocycles. The minimum Gasteiger partial charge on any atom is -0.479 e. The van der Waals surface area contributed by atoms with Gasteiger partial charge >= 0.3 is 0 Å². The predicted octanol–water partition coefficient (Wildman–Crippen LogP) is 3.88. The Kier molecular flexibility index (Phi) is 6.60. The first-order valence-corrected chi connectivity index (χ1v) is 13.1. The van der Waals surface area contributed by atoms with Crippen LogP contribution in [0.25, 0.3) is 10.9 Å². The maximum atomic E-state index is 14.1. The third-order valence-corrected chi connectivity index (χ3v) is 6.20. The number of aromatic nitrogens is 2. The number of carbonyl (C=O) groups is 1. The lowest BCUT2D eigenvalue weighted by atomic mass is 10.1. The van der Waals surface area contributed by atoms with Crippen molar-refractivity contribution in [2.75, 3.05) is 29.4 Å². The summed E-state index contributed by atoms with van der Waals surface area (Å²) in [4.78, 5) is 23.2. The molecule has 1 aromatic heterocycles. The summed E-state index contributed by atoms with van der Waals surface area (Å²) in [6, 6.07) is 7.71. The molecule has 1 aliphatic rings. The van der Waals surface area contributed by atoms with Crippen LogP contribution in [0.3, 0.4) is 0 Å². The Balaban J connectivity index is 1.65. The Morgan fingerprint density at radius 2 is 1.97 bits per heavy atom. The summed E-state index contributed by atoms with van der Waals surface area (Å²) in [6.45, 7) is 4.99. The van der Waals surface area contributed by atoms with Gasteiger partial charge in [0.15, 0.2) is 6.10 Å². The molecule has 1 aliphatic heterocycles. The summed E-state index contributed by atoms with van der Waals surface area (Å²) in [5.41, 5.74) is 2.58. The number of nitrogens with one attached hydrogen (secondary N) is 2. The van der Waals surface area contributed by atoms with Crippen molar-refractivity contribution in [2.24, 2.45) is 0 Å². The molecule has 0 bridgehead atoms. The molecule has 0 radical (unpaired) electrons. The zero-order chi connectivity index (χ0) is 24.5. The van der Waals surface area contributed by atoms with Gasteiger partial charge in [0, 0.05) is 46.2 Å². The van der Waals surface area contributed by atoms with E-state index in [0.717, 1.165) is 23.8 Å². The Morgan fingerprint density at radius 3 is 2.68 bits per heavy atom. The van der Waals surface area contributed by atoms with E-state index < -0.39 is 21.6 Å². The van der Waals surface area contributed by atoms with Crippen LogP contribution in [0.5, 0.6) is 5.75 Å². The van der Waals surface area contributed by atoms with E-state index in [-0.39, 0.29) is 11.7 Å². The van der Waals surface area contributed by atoms with Crippen LogP contribution >= 0.6 is 0 Å². The molecular weight excluding hydrogens is 457 g/mol. The lowest BCUT2D eigenvalue weighted by Crippen LogP contribution is -2.38. The van der Waals surface area contributed by atoms with Crippen LogP contribution in [0.15, 0.2) is 36.7 Å². The topological polar surface area (TPSA) is 96.5 Å². The second-order valence-electron chi connectivity index (χ2n) is 8.57. The van der Waals surface area contributed by atoms with Crippen molar-refractivity contribution in [3.05, 3.63) is 48.0 Å². The Morgan fingerprint density at radius 1 is 1.24 bits per heavy atom. The molecule has 1 fully saturated rings. The molecule has 10 heteroatoms. The van der Waals surface area contributed by atoms with Gasteiger partial charge < -0.3 is 19.7 Å². The monoisotopic (exact) mass is 485 g/mol. The van der Waals surface area contributed by atoms with Gasteiger partial charge in [0.05, 0.1) is 11.2 Å². The number of likely N-dealkylation sites (tertiary alicyclic amines) is 1. The molecule has 2 heterocycles. The maximum Gasteiger partial charge on any atom is 0.263 e. The third-order valence-electron chi connectivity index (χ3n) is 5.53. The Bertz CT molecular complexity index is 1340. The van der Waals surface area contributed by atoms with Crippen molar-refractivity contribution >= 4 is 49.6 Å². The van der Waals surface area contributed by atoms with Crippen molar-refractivity contribution in [2.45, 2.75) is 32.8 Å². The number of nitrogens with zero attached hydrogens (tertiary/aromatic N) is 3. The van der Waals surface area contributed by atoms with E-state index in [4.69, 9.17) is 4.74 Å². The number of carbonyl (C=O) groups excluding carboxylic acids is 1. The van der Waals surface area contributed by atoms with Gasteiger partial charge in [-0.1, -0.05) is 0 Å². The van der Waals surface area contributed by atoms with Crippen LogP contribution in [0.2, 0.25) is 0 Å². The van der Waals surface area contributed by atoms with Gasteiger partial charge in [-0.2, -0.15) is 0 Å². The third kappa shape index (κ3) is 5.39. The Labute approximate surface area is 198 Å². The van der Waals surface area contributed by atoms with E-state index in [2.05, 4.69) is 25.9 Å². The zero-order valence-electron chi connectivity index (χ0n) is 19.4. The van der Waals surface area contributed by atoms with Crippen molar-refractivity contribution in [1.29, 1.82) is 0 Å². The molecule has 0 spiro atoms. The molecule has 34 heavy (non-hydrogen) atoms. The number of ether oxygens (including phenoxy) is 1. The second-order valence-corrected chi connectivity index (χ2v) is 10.8. The number of anilines is 3. The molecule has 2 aromatic carbocycles. The van der Waals surface area contributed by atoms with Crippen molar-refractivity contribution in [1.82, 2.24) is 14.9 Å². The van der Waals surface area contributed by atoms with Crippen LogP contribution < -0.4 is 14.8 Å². The van der Waals surface area contributed by atoms with E-state index in [1.54, 1.807) is 24.0 Å². The molecule has 8 nitrogen and oxygen atoms in total. The SMILES string of the molecule is C=S(C)(=O)Nc1cc(C)c2c(Nc3ccc(F)cc3O[C@H](C)C(=O)N3CCCC3)ncnc2c1. The number of halogens is 1. The summed E-state index contributed by atoms with van der Waals surface area (Å²) in [7, 11) is -2.45. The van der Waals surface area contributed by atoms with Crippen molar-refractivity contribution in [3.63, 3.8) is 0 Å². The highest BCUT2D eigenvalue weighted by Gasteiger charge is 2.25. The highest BCUT2D eigenvalue weighted by molar-refractivity contribution is 8.00. The van der Waals surface area contributed by atoms with Crippen molar-refractivity contribution < 1.29 is 18.1 Å². The normalized spacial score (nSPS) is 16.2. The molecule has 0 saturated carbocycles. The quantitative estimate of drug-likeness (QED) is 0.493. The molecule has 180 valence electrons. The van der Waals surface area contributed by atoms with Crippen LogP contribution in [0, 0.1) is 12.7 Å². The number of aryl methyl sites for hydroxylation is 1. The number of amides is 1. The van der Waals surface area contributed by atoms with Gasteiger partial charge in [-0.05, 0) is 62.4 Å². The molecule has 4 rings (SSSR count). The first-order valence-electron chi connectivity index (χ1n) is 11.0. The molecular formula is C24H28FN5O3S. The standard InChI is InChI=1S/C24H28FN5O3S/c1-15-11-18(29-34(3,4)32)13-20-22(15)23(27-14-26-20)28-19-8-7-17(25)12-21(19)33-16(2)24(31)30-9-5-6-10-30/h7-8,11-14,16H,3,5-6,9-10H2,1-2,4H3,(H,29,32)(H,26,27,28)/t16-,34?/m1/s1. The van der Waals surface area contributed by atoms with Gasteiger partial charge in [-0.25, -0.2) is 18.6 Å². The number of hydrogen-bond donors (Lipinski definition) is 2. The fraction of sp³-hybridized carbons (Fsp3) is 0.333. The number of hydrogen-bond acceptors (Lipinski definition) is 6. The van der Waals surface area contributed by atoms with E-state index in [0.29, 0.717) is 35.8 Å². The van der Waals surface area contributed by atoms with Crippen LogP contribution in [-0.4, -0.2) is 56.3 Å². The van der Waals surface area contributed by atoms with Crippen LogP contribution in [0.1, 0.15) is 25.3 Å². The summed E-state index contributed by atoms with van der Waals surface area (Å²) >= 11 is 0. The highest BCUT2D eigenvalue weighted by atomic mass is 32.2. The average molecular weight is 486 g/mol. The molecule has 1 amide bonds.